The van der Waals surface area contributed by atoms with Gasteiger partial charge in [0.1, 0.15) is 0 Å². The van der Waals surface area contributed by atoms with E-state index < -0.39 is 28.5 Å². The van der Waals surface area contributed by atoms with Gasteiger partial charge in [0.25, 0.3) is 5.56 Å². The van der Waals surface area contributed by atoms with Crippen LogP contribution >= 0.6 is 0 Å². The molecular formula is C14H19N2O4-. The van der Waals surface area contributed by atoms with Gasteiger partial charge < -0.3 is 9.67 Å². The van der Waals surface area contributed by atoms with Gasteiger partial charge in [0, 0.05) is 12.5 Å². The molecular weight excluding hydrogens is 260 g/mol. The Labute approximate surface area is 116 Å². The highest BCUT2D eigenvalue weighted by molar-refractivity contribution is 5.97. The van der Waals surface area contributed by atoms with Gasteiger partial charge in [-0.1, -0.05) is 32.6 Å². The van der Waals surface area contributed by atoms with E-state index in [1.807, 2.05) is 0 Å². The molecule has 1 fully saturated rings. The zero-order valence-electron chi connectivity index (χ0n) is 11.6. The SMILES string of the molecule is CCC(=O)c1c([O-])n(C2CCCCCC2)c(=O)[nH]c1=O. The second-order valence-electron chi connectivity index (χ2n) is 5.23. The number of H-pyrrole nitrogens is 1. The Morgan fingerprint density at radius 1 is 1.25 bits per heavy atom. The van der Waals surface area contributed by atoms with Crippen molar-refractivity contribution in [1.29, 1.82) is 0 Å². The first-order valence-corrected chi connectivity index (χ1v) is 7.15. The summed E-state index contributed by atoms with van der Waals surface area (Å²) in [7, 11) is 0. The van der Waals surface area contributed by atoms with Crippen LogP contribution < -0.4 is 16.4 Å². The third kappa shape index (κ3) is 2.69. The summed E-state index contributed by atoms with van der Waals surface area (Å²) >= 11 is 0. The molecule has 0 amide bonds. The van der Waals surface area contributed by atoms with Gasteiger partial charge in [-0.05, 0) is 18.7 Å². The number of aromatic amines is 1. The van der Waals surface area contributed by atoms with E-state index in [-0.39, 0.29) is 12.5 Å². The second kappa shape index (κ2) is 6.07. The van der Waals surface area contributed by atoms with E-state index in [0.717, 1.165) is 43.1 Å². The van der Waals surface area contributed by atoms with Crippen molar-refractivity contribution in [3.05, 3.63) is 26.4 Å². The summed E-state index contributed by atoms with van der Waals surface area (Å²) in [6.07, 6.45) is 5.62. The second-order valence-corrected chi connectivity index (χ2v) is 5.23. The summed E-state index contributed by atoms with van der Waals surface area (Å²) in [4.78, 5) is 37.5. The minimum atomic E-state index is -0.864. The highest BCUT2D eigenvalue weighted by atomic mass is 16.3. The van der Waals surface area contributed by atoms with Crippen molar-refractivity contribution in [2.24, 2.45) is 0 Å². The summed E-state index contributed by atoms with van der Waals surface area (Å²) in [5.74, 6) is -1.24. The average molecular weight is 279 g/mol. The van der Waals surface area contributed by atoms with Gasteiger partial charge in [-0.3, -0.25) is 14.6 Å². The molecule has 6 heteroatoms. The maximum atomic E-state index is 12.3. The molecule has 1 aromatic heterocycles. The standard InChI is InChI=1S/C14H20N2O4/c1-2-10(17)11-12(18)15-14(20)16(13(11)19)9-7-5-3-4-6-8-9/h9,19H,2-8H2,1H3,(H,15,18,20)/p-1. The number of hydrogen-bond donors (Lipinski definition) is 1. The van der Waals surface area contributed by atoms with Gasteiger partial charge in [0.05, 0.1) is 5.56 Å². The zero-order valence-corrected chi connectivity index (χ0v) is 11.6. The largest absolute Gasteiger partial charge is 0.859 e. The number of aromatic nitrogens is 2. The Morgan fingerprint density at radius 2 is 1.85 bits per heavy atom. The molecule has 0 aromatic carbocycles. The maximum absolute atomic E-state index is 12.3. The van der Waals surface area contributed by atoms with Crippen LogP contribution in [-0.4, -0.2) is 15.3 Å². The maximum Gasteiger partial charge on any atom is 0.328 e. The molecule has 6 nitrogen and oxygen atoms in total. The lowest BCUT2D eigenvalue weighted by molar-refractivity contribution is -0.281. The molecule has 1 saturated carbocycles. The van der Waals surface area contributed by atoms with Crippen LogP contribution in [0.1, 0.15) is 68.3 Å². The van der Waals surface area contributed by atoms with Crippen LogP contribution in [-0.2, 0) is 0 Å². The van der Waals surface area contributed by atoms with E-state index >= 15 is 0 Å². The van der Waals surface area contributed by atoms with Gasteiger partial charge in [-0.15, -0.1) is 0 Å². The Bertz CT molecular complexity index is 607. The number of ketones is 1. The first kappa shape index (κ1) is 14.6. The van der Waals surface area contributed by atoms with Crippen molar-refractivity contribution in [2.75, 3.05) is 0 Å². The molecule has 1 heterocycles. The lowest BCUT2D eigenvalue weighted by Gasteiger charge is -2.25. The number of hydrogen-bond acceptors (Lipinski definition) is 4. The van der Waals surface area contributed by atoms with Gasteiger partial charge in [0.2, 0.25) is 0 Å². The highest BCUT2D eigenvalue weighted by Crippen LogP contribution is 2.28. The third-order valence-electron chi connectivity index (χ3n) is 3.89. The van der Waals surface area contributed by atoms with Crippen molar-refractivity contribution in [3.8, 4) is 5.88 Å². The van der Waals surface area contributed by atoms with Crippen LogP contribution in [0.3, 0.4) is 0 Å². The summed E-state index contributed by atoms with van der Waals surface area (Å²) in [5.41, 5.74) is -1.97. The van der Waals surface area contributed by atoms with Crippen molar-refractivity contribution in [2.45, 2.75) is 57.9 Å². The van der Waals surface area contributed by atoms with Gasteiger partial charge >= 0.3 is 5.69 Å². The molecule has 0 atom stereocenters. The fourth-order valence-corrected chi connectivity index (χ4v) is 2.80. The summed E-state index contributed by atoms with van der Waals surface area (Å²) in [5, 5.41) is 12.3. The summed E-state index contributed by atoms with van der Waals surface area (Å²) < 4.78 is 1.08. The smallest absolute Gasteiger partial charge is 0.328 e. The van der Waals surface area contributed by atoms with E-state index in [1.165, 1.54) is 0 Å². The van der Waals surface area contributed by atoms with Gasteiger partial charge in [-0.25, -0.2) is 4.79 Å². The number of carbonyl (C=O) groups is 1. The molecule has 0 aliphatic heterocycles. The first-order valence-electron chi connectivity index (χ1n) is 7.15. The van der Waals surface area contributed by atoms with Crippen LogP contribution in [0.4, 0.5) is 0 Å². The quantitative estimate of drug-likeness (QED) is 0.662. The number of carbonyl (C=O) groups excluding carboxylic acids is 1. The van der Waals surface area contributed by atoms with E-state index in [4.69, 9.17) is 0 Å². The Balaban J connectivity index is 2.55. The molecule has 0 spiro atoms. The minimum absolute atomic E-state index is 0.0706. The van der Waals surface area contributed by atoms with E-state index in [1.54, 1.807) is 6.92 Å². The molecule has 1 N–H and O–H groups in total. The van der Waals surface area contributed by atoms with Crippen molar-refractivity contribution >= 4 is 5.78 Å². The predicted octanol–water partition coefficient (Wildman–Crippen LogP) is 1.10. The van der Waals surface area contributed by atoms with E-state index in [9.17, 15) is 19.5 Å². The van der Waals surface area contributed by atoms with Crippen LogP contribution in [0, 0.1) is 0 Å². The molecule has 20 heavy (non-hydrogen) atoms. The topological polar surface area (TPSA) is 95.0 Å². The van der Waals surface area contributed by atoms with Crippen molar-refractivity contribution in [1.82, 2.24) is 9.55 Å². The van der Waals surface area contributed by atoms with Crippen LogP contribution in [0.25, 0.3) is 0 Å². The van der Waals surface area contributed by atoms with Crippen LogP contribution in [0.5, 0.6) is 5.88 Å². The molecule has 0 radical (unpaired) electrons. The minimum Gasteiger partial charge on any atom is -0.859 e. The lowest BCUT2D eigenvalue weighted by Crippen LogP contribution is -2.38. The average Bonchev–Trinajstić information content (AvgIpc) is 2.67. The molecule has 110 valence electrons. The van der Waals surface area contributed by atoms with Crippen LogP contribution in [0.2, 0.25) is 0 Å². The summed E-state index contributed by atoms with van der Waals surface area (Å²) in [6, 6.07) is -0.210. The van der Waals surface area contributed by atoms with E-state index in [2.05, 4.69) is 4.98 Å². The van der Waals surface area contributed by atoms with Crippen molar-refractivity contribution in [3.63, 3.8) is 0 Å². The Hall–Kier alpha value is -1.85. The Morgan fingerprint density at radius 3 is 2.40 bits per heavy atom. The number of nitrogens with zero attached hydrogens (tertiary/aromatic N) is 1. The summed E-state index contributed by atoms with van der Waals surface area (Å²) in [6.45, 7) is 1.59. The highest BCUT2D eigenvalue weighted by Gasteiger charge is 2.20. The number of Topliss-reactive ketones (excluding diaryl/α,β-unsaturated/α-hetero) is 1. The molecule has 1 aromatic rings. The monoisotopic (exact) mass is 279 g/mol. The van der Waals surface area contributed by atoms with Gasteiger partial charge in [0.15, 0.2) is 5.78 Å². The number of rotatable bonds is 3. The van der Waals surface area contributed by atoms with E-state index in [0.29, 0.717) is 0 Å². The van der Waals surface area contributed by atoms with Crippen LogP contribution in [0.15, 0.2) is 9.59 Å². The first-order chi connectivity index (χ1) is 9.56. The third-order valence-corrected chi connectivity index (χ3v) is 3.89. The van der Waals surface area contributed by atoms with Gasteiger partial charge in [-0.2, -0.15) is 0 Å². The molecule has 0 unspecified atom stereocenters. The Kier molecular flexibility index (Phi) is 4.42. The lowest BCUT2D eigenvalue weighted by atomic mass is 10.1. The predicted molar refractivity (Wildman–Crippen MR) is 72.1 cm³/mol. The molecule has 1 aliphatic carbocycles. The normalized spacial score (nSPS) is 16.9. The number of nitrogens with one attached hydrogen (secondary N) is 1. The molecule has 1 aliphatic rings. The fourth-order valence-electron chi connectivity index (χ4n) is 2.80. The molecule has 0 saturated heterocycles. The fraction of sp³-hybridized carbons (Fsp3) is 0.643. The molecule has 2 rings (SSSR count). The van der Waals surface area contributed by atoms with Crippen molar-refractivity contribution < 1.29 is 9.90 Å². The zero-order chi connectivity index (χ0) is 14.7. The molecule has 0 bridgehead atoms.